The van der Waals surface area contributed by atoms with Gasteiger partial charge in [-0.3, -0.25) is 29.5 Å². The van der Waals surface area contributed by atoms with Gasteiger partial charge in [0.25, 0.3) is 11.8 Å². The minimum atomic E-state index is -1.42. The molecule has 6 atom stereocenters. The zero-order chi connectivity index (χ0) is 35.6. The van der Waals surface area contributed by atoms with E-state index >= 15 is 4.79 Å². The molecule has 0 unspecified atom stereocenters. The van der Waals surface area contributed by atoms with Crippen molar-refractivity contribution in [1.29, 1.82) is 0 Å². The van der Waals surface area contributed by atoms with Gasteiger partial charge in [0, 0.05) is 5.92 Å². The summed E-state index contributed by atoms with van der Waals surface area (Å²) in [5.74, 6) is -4.73. The average molecular weight is 680 g/mol. The van der Waals surface area contributed by atoms with Crippen LogP contribution in [0.4, 0.5) is 11.4 Å². The monoisotopic (exact) mass is 679 g/mol. The molecule has 0 bridgehead atoms. The number of imide groups is 2. The first-order valence-electron chi connectivity index (χ1n) is 17.1. The van der Waals surface area contributed by atoms with Gasteiger partial charge >= 0.3 is 0 Å². The molecule has 2 aliphatic heterocycles. The maximum Gasteiger partial charge on any atom is 0.260 e. The fraction of sp³-hybridized carbons (Fsp3) is 0.238. The lowest BCUT2D eigenvalue weighted by Gasteiger charge is -2.50. The van der Waals surface area contributed by atoms with Crippen LogP contribution in [0.25, 0.3) is 6.08 Å². The summed E-state index contributed by atoms with van der Waals surface area (Å²) in [5, 5.41) is 11.8. The van der Waals surface area contributed by atoms with Gasteiger partial charge in [-0.05, 0) is 78.8 Å². The van der Waals surface area contributed by atoms with Crippen molar-refractivity contribution in [3.8, 4) is 11.5 Å². The Morgan fingerprint density at radius 3 is 2.29 bits per heavy atom. The Bertz CT molecular complexity index is 2130. The molecule has 2 heterocycles. The third-order valence-corrected chi connectivity index (χ3v) is 11.3. The molecular formula is C42H37N3O6. The number of nitrogens with zero attached hydrogens (tertiary/aromatic N) is 2. The molecule has 9 nitrogen and oxygen atoms in total. The maximum absolute atomic E-state index is 15.3. The van der Waals surface area contributed by atoms with Crippen molar-refractivity contribution in [1.82, 2.24) is 5.01 Å². The minimum absolute atomic E-state index is 0.0669. The number of anilines is 2. The highest BCUT2D eigenvalue weighted by molar-refractivity contribution is 6.22. The van der Waals surface area contributed by atoms with Crippen molar-refractivity contribution >= 4 is 41.1 Å². The number of amides is 4. The zero-order valence-electron chi connectivity index (χ0n) is 28.3. The fourth-order valence-electron chi connectivity index (χ4n) is 9.01. The van der Waals surface area contributed by atoms with Crippen LogP contribution in [0.15, 0.2) is 115 Å². The van der Waals surface area contributed by atoms with Gasteiger partial charge in [-0.15, -0.1) is 0 Å². The number of fused-ring (bicyclic) bond motifs is 4. The smallest absolute Gasteiger partial charge is 0.260 e. The number of rotatable bonds is 7. The van der Waals surface area contributed by atoms with E-state index in [-0.39, 0.29) is 29.7 Å². The van der Waals surface area contributed by atoms with Crippen LogP contribution in [0.2, 0.25) is 0 Å². The highest BCUT2D eigenvalue weighted by Gasteiger charge is 2.70. The predicted octanol–water partition coefficient (Wildman–Crippen LogP) is 6.54. The minimum Gasteiger partial charge on any atom is -0.504 e. The molecule has 3 fully saturated rings. The second-order valence-corrected chi connectivity index (χ2v) is 13.8. The number of carbonyl (C=O) groups excluding carboxylic acids is 4. The summed E-state index contributed by atoms with van der Waals surface area (Å²) >= 11 is 0. The van der Waals surface area contributed by atoms with Crippen LogP contribution >= 0.6 is 0 Å². The molecule has 2 aliphatic carbocycles. The van der Waals surface area contributed by atoms with E-state index in [4.69, 9.17) is 4.74 Å². The number of aryl methyl sites for hydroxylation is 1. The van der Waals surface area contributed by atoms with Crippen LogP contribution in [0.1, 0.15) is 41.0 Å². The van der Waals surface area contributed by atoms with Crippen molar-refractivity contribution in [2.75, 3.05) is 17.4 Å². The molecule has 0 aromatic heterocycles. The summed E-state index contributed by atoms with van der Waals surface area (Å²) in [5.41, 5.74) is 6.81. The SMILES string of the molecule is C=Cc1ccc(N2C(=O)[C@H]3[C@H](CC=C4[C@H]3C[C@H]3C(=O)N(Nc5ccc(C)cc5)C(=O)[C@@]3(c3ccccc3)[C@H]4c3ccc(O)c(OC)c3)C2=O)cc1. The van der Waals surface area contributed by atoms with E-state index < -0.39 is 46.8 Å². The standard InChI is InChI=1S/C42H37N3O6/c1-4-25-12-17-29(18-13-25)44-38(47)31-20-19-30-32(36(31)40(44)49)23-33-39(48)45(43-28-15-10-24(2)11-16-28)41(50)42(33,27-8-6-5-7-9-27)37(30)26-14-21-34(46)35(22-26)51-3/h4-19,21-22,31-33,36-37,43,46H,1,20,23H2,2-3H3/t31-,32+,33-,36-,37-,42+/m0/s1. The van der Waals surface area contributed by atoms with Crippen LogP contribution in [0.5, 0.6) is 11.5 Å². The first-order chi connectivity index (χ1) is 24.7. The molecule has 8 rings (SSSR count). The van der Waals surface area contributed by atoms with Gasteiger partial charge in [-0.1, -0.05) is 90.5 Å². The molecule has 4 amide bonds. The average Bonchev–Trinajstić information content (AvgIpc) is 3.54. The second-order valence-electron chi connectivity index (χ2n) is 13.8. The van der Waals surface area contributed by atoms with Gasteiger partial charge < -0.3 is 9.84 Å². The number of hydrazine groups is 1. The molecular weight excluding hydrogens is 642 g/mol. The zero-order valence-corrected chi connectivity index (χ0v) is 28.3. The number of methoxy groups -OCH3 is 1. The number of benzene rings is 4. The molecule has 2 N–H and O–H groups in total. The third-order valence-electron chi connectivity index (χ3n) is 11.3. The highest BCUT2D eigenvalue weighted by Crippen LogP contribution is 2.64. The molecule has 9 heteroatoms. The number of carbonyl (C=O) groups is 4. The summed E-state index contributed by atoms with van der Waals surface area (Å²) in [6, 6.07) is 28.9. The number of ether oxygens (including phenoxy) is 1. The van der Waals surface area contributed by atoms with Crippen LogP contribution in [-0.4, -0.2) is 40.9 Å². The summed E-state index contributed by atoms with van der Waals surface area (Å²) in [6.45, 7) is 5.76. The number of hydrogen-bond donors (Lipinski definition) is 2. The van der Waals surface area contributed by atoms with Crippen LogP contribution in [0, 0.1) is 30.6 Å². The van der Waals surface area contributed by atoms with E-state index in [9.17, 15) is 19.5 Å². The molecule has 4 aromatic carbocycles. The van der Waals surface area contributed by atoms with E-state index in [0.717, 1.165) is 21.7 Å². The quantitative estimate of drug-likeness (QED) is 0.168. The number of allylic oxidation sites excluding steroid dienone is 2. The largest absolute Gasteiger partial charge is 0.504 e. The lowest BCUT2D eigenvalue weighted by Crippen LogP contribution is -2.53. The Balaban J connectivity index is 1.31. The van der Waals surface area contributed by atoms with Gasteiger partial charge in [-0.2, -0.15) is 5.01 Å². The van der Waals surface area contributed by atoms with Gasteiger partial charge in [0.05, 0.1) is 41.7 Å². The van der Waals surface area contributed by atoms with Crippen molar-refractivity contribution in [2.45, 2.75) is 31.1 Å². The van der Waals surface area contributed by atoms with Crippen molar-refractivity contribution in [3.05, 3.63) is 138 Å². The molecule has 51 heavy (non-hydrogen) atoms. The number of phenols is 1. The summed E-state index contributed by atoms with van der Waals surface area (Å²) < 4.78 is 5.54. The van der Waals surface area contributed by atoms with Gasteiger partial charge in [0.1, 0.15) is 0 Å². The number of nitrogens with one attached hydrogen (secondary N) is 1. The fourth-order valence-corrected chi connectivity index (χ4v) is 9.01. The second kappa shape index (κ2) is 12.1. The van der Waals surface area contributed by atoms with Crippen molar-refractivity contribution < 1.29 is 29.0 Å². The Labute approximate surface area is 295 Å². The van der Waals surface area contributed by atoms with E-state index in [1.165, 1.54) is 18.1 Å². The maximum atomic E-state index is 15.3. The molecule has 2 saturated heterocycles. The van der Waals surface area contributed by atoms with E-state index in [0.29, 0.717) is 28.9 Å². The summed E-state index contributed by atoms with van der Waals surface area (Å²) in [7, 11) is 1.46. The number of phenolic OH excluding ortho intramolecular Hbond substituents is 1. The van der Waals surface area contributed by atoms with Crippen molar-refractivity contribution in [3.63, 3.8) is 0 Å². The van der Waals surface area contributed by atoms with E-state index in [1.54, 1.807) is 30.3 Å². The normalized spacial score (nSPS) is 26.7. The van der Waals surface area contributed by atoms with Crippen LogP contribution in [-0.2, 0) is 24.6 Å². The van der Waals surface area contributed by atoms with Gasteiger partial charge in [0.15, 0.2) is 11.5 Å². The van der Waals surface area contributed by atoms with Crippen molar-refractivity contribution in [2.24, 2.45) is 23.7 Å². The molecule has 4 aromatic rings. The lowest BCUT2D eigenvalue weighted by atomic mass is 9.49. The van der Waals surface area contributed by atoms with Crippen LogP contribution in [0.3, 0.4) is 0 Å². The highest BCUT2D eigenvalue weighted by atomic mass is 16.5. The molecule has 0 radical (unpaired) electrons. The molecule has 256 valence electrons. The topological polar surface area (TPSA) is 116 Å². The lowest BCUT2D eigenvalue weighted by molar-refractivity contribution is -0.138. The Hall–Kier alpha value is -5.96. The molecule has 4 aliphatic rings. The predicted molar refractivity (Wildman–Crippen MR) is 192 cm³/mol. The molecule has 1 saturated carbocycles. The van der Waals surface area contributed by atoms with E-state index in [1.807, 2.05) is 79.7 Å². The third kappa shape index (κ3) is 4.75. The van der Waals surface area contributed by atoms with Gasteiger partial charge in [-0.25, -0.2) is 0 Å². The molecule has 0 spiro atoms. The van der Waals surface area contributed by atoms with E-state index in [2.05, 4.69) is 12.0 Å². The Morgan fingerprint density at radius 2 is 1.61 bits per heavy atom. The Kier molecular flexibility index (Phi) is 7.67. The Morgan fingerprint density at radius 1 is 0.882 bits per heavy atom. The van der Waals surface area contributed by atoms with Gasteiger partial charge in [0.2, 0.25) is 11.8 Å². The number of aromatic hydroxyl groups is 1. The first kappa shape index (κ1) is 32.3. The first-order valence-corrected chi connectivity index (χ1v) is 17.1. The summed E-state index contributed by atoms with van der Waals surface area (Å²) in [6.07, 6.45) is 4.20. The number of hydrogen-bond acceptors (Lipinski definition) is 7. The van der Waals surface area contributed by atoms with Crippen LogP contribution < -0.4 is 15.1 Å². The summed E-state index contributed by atoms with van der Waals surface area (Å²) in [4.78, 5) is 59.9.